The predicted octanol–water partition coefficient (Wildman–Crippen LogP) is 4.38. The molecule has 1 N–H and O–H groups in total. The highest BCUT2D eigenvalue weighted by atomic mass is 19.1. The summed E-state index contributed by atoms with van der Waals surface area (Å²) in [5.74, 6) is -0.184. The smallest absolute Gasteiger partial charge is 0.123 e. The Hall–Kier alpha value is -0.930. The maximum absolute atomic E-state index is 13.4. The molecule has 0 spiro atoms. The molecule has 2 nitrogen and oxygen atoms in total. The first-order chi connectivity index (χ1) is 9.54. The average Bonchev–Trinajstić information content (AvgIpc) is 2.43. The SMILES string of the molecule is CCNC(c1ccc(F)cc1C)C(CC)(CC)OCC. The van der Waals surface area contributed by atoms with E-state index < -0.39 is 0 Å². The van der Waals surface area contributed by atoms with Gasteiger partial charge in [-0.15, -0.1) is 0 Å². The summed E-state index contributed by atoms with van der Waals surface area (Å²) in [6.45, 7) is 11.9. The molecule has 0 aliphatic rings. The lowest BCUT2D eigenvalue weighted by Crippen LogP contribution is -2.46. The van der Waals surface area contributed by atoms with Crippen molar-refractivity contribution in [2.75, 3.05) is 13.2 Å². The molecule has 1 atom stereocenters. The molecule has 0 amide bonds. The second kappa shape index (κ2) is 7.75. The third-order valence-corrected chi connectivity index (χ3v) is 4.11. The van der Waals surface area contributed by atoms with Gasteiger partial charge in [-0.25, -0.2) is 4.39 Å². The number of hydrogen-bond acceptors (Lipinski definition) is 2. The van der Waals surface area contributed by atoms with E-state index >= 15 is 0 Å². The Kier molecular flexibility index (Phi) is 6.63. The second-order valence-electron chi connectivity index (χ2n) is 5.20. The molecule has 114 valence electrons. The van der Waals surface area contributed by atoms with Crippen molar-refractivity contribution in [1.29, 1.82) is 0 Å². The van der Waals surface area contributed by atoms with E-state index in [9.17, 15) is 4.39 Å². The minimum absolute atomic E-state index is 0.0862. The summed E-state index contributed by atoms with van der Waals surface area (Å²) in [7, 11) is 0. The van der Waals surface area contributed by atoms with Gasteiger partial charge in [-0.3, -0.25) is 0 Å². The van der Waals surface area contributed by atoms with E-state index in [-0.39, 0.29) is 17.5 Å². The number of hydrogen-bond donors (Lipinski definition) is 1. The summed E-state index contributed by atoms with van der Waals surface area (Å²) in [5, 5.41) is 3.54. The van der Waals surface area contributed by atoms with Gasteiger partial charge in [-0.2, -0.15) is 0 Å². The molecule has 0 fully saturated rings. The summed E-state index contributed by atoms with van der Waals surface area (Å²) in [4.78, 5) is 0. The maximum atomic E-state index is 13.4. The maximum Gasteiger partial charge on any atom is 0.123 e. The Balaban J connectivity index is 3.26. The van der Waals surface area contributed by atoms with Gasteiger partial charge in [-0.05, 0) is 56.5 Å². The monoisotopic (exact) mass is 281 g/mol. The van der Waals surface area contributed by atoms with Gasteiger partial charge in [0.2, 0.25) is 0 Å². The number of likely N-dealkylation sites (N-methyl/N-ethyl adjacent to an activating group) is 1. The second-order valence-corrected chi connectivity index (χ2v) is 5.20. The fourth-order valence-electron chi connectivity index (χ4n) is 2.98. The summed E-state index contributed by atoms with van der Waals surface area (Å²) < 4.78 is 19.5. The van der Waals surface area contributed by atoms with Gasteiger partial charge in [0, 0.05) is 6.61 Å². The summed E-state index contributed by atoms with van der Waals surface area (Å²) in [6, 6.07) is 5.11. The Morgan fingerprint density at radius 2 is 1.85 bits per heavy atom. The van der Waals surface area contributed by atoms with Crippen LogP contribution in [0, 0.1) is 12.7 Å². The van der Waals surface area contributed by atoms with Crippen molar-refractivity contribution in [2.24, 2.45) is 0 Å². The standard InChI is InChI=1S/C17H28FNO/c1-6-17(7-2,20-9-4)16(19-8-3)15-11-10-14(18)12-13(15)5/h10-12,16,19H,6-9H2,1-5H3. The minimum atomic E-state index is -0.243. The number of benzene rings is 1. The fraction of sp³-hybridized carbons (Fsp3) is 0.647. The zero-order chi connectivity index (χ0) is 15.2. The Labute approximate surface area is 122 Å². The van der Waals surface area contributed by atoms with E-state index in [0.717, 1.165) is 30.5 Å². The van der Waals surface area contributed by atoms with E-state index in [2.05, 4.69) is 26.1 Å². The molecular weight excluding hydrogens is 253 g/mol. The van der Waals surface area contributed by atoms with Crippen LogP contribution in [0.5, 0.6) is 0 Å². The van der Waals surface area contributed by atoms with Gasteiger partial charge in [0.25, 0.3) is 0 Å². The third kappa shape index (κ3) is 3.58. The zero-order valence-electron chi connectivity index (χ0n) is 13.4. The molecule has 1 aromatic rings. The Morgan fingerprint density at radius 1 is 1.20 bits per heavy atom. The molecular formula is C17H28FNO. The molecule has 0 bridgehead atoms. The molecule has 0 aromatic heterocycles. The van der Waals surface area contributed by atoms with Gasteiger partial charge in [0.15, 0.2) is 0 Å². The molecule has 0 aliphatic heterocycles. The summed E-state index contributed by atoms with van der Waals surface area (Å²) in [5.41, 5.74) is 1.86. The van der Waals surface area contributed by atoms with Gasteiger partial charge in [0.1, 0.15) is 5.82 Å². The fourth-order valence-corrected chi connectivity index (χ4v) is 2.98. The highest BCUT2D eigenvalue weighted by Crippen LogP contribution is 2.36. The van der Waals surface area contributed by atoms with Crippen LogP contribution in [0.15, 0.2) is 18.2 Å². The van der Waals surface area contributed by atoms with Crippen LogP contribution in [0.25, 0.3) is 0 Å². The predicted molar refractivity (Wildman–Crippen MR) is 82.5 cm³/mol. The van der Waals surface area contributed by atoms with Crippen LogP contribution in [0.1, 0.15) is 57.7 Å². The normalized spacial score (nSPS) is 13.5. The first-order valence-electron chi connectivity index (χ1n) is 7.67. The van der Waals surface area contributed by atoms with Crippen molar-refractivity contribution in [3.63, 3.8) is 0 Å². The lowest BCUT2D eigenvalue weighted by Gasteiger charge is -2.40. The number of nitrogens with one attached hydrogen (secondary N) is 1. The van der Waals surface area contributed by atoms with E-state index in [4.69, 9.17) is 4.74 Å². The van der Waals surface area contributed by atoms with Gasteiger partial charge in [-0.1, -0.05) is 26.8 Å². The molecule has 3 heteroatoms. The molecule has 1 rings (SSSR count). The highest BCUT2D eigenvalue weighted by Gasteiger charge is 2.37. The topological polar surface area (TPSA) is 21.3 Å². The van der Waals surface area contributed by atoms with Crippen molar-refractivity contribution in [3.8, 4) is 0 Å². The van der Waals surface area contributed by atoms with Crippen LogP contribution in [0.4, 0.5) is 4.39 Å². The van der Waals surface area contributed by atoms with Gasteiger partial charge < -0.3 is 10.1 Å². The highest BCUT2D eigenvalue weighted by molar-refractivity contribution is 5.31. The van der Waals surface area contributed by atoms with E-state index in [1.807, 2.05) is 19.9 Å². The number of ether oxygens (including phenoxy) is 1. The van der Waals surface area contributed by atoms with Crippen molar-refractivity contribution in [3.05, 3.63) is 35.1 Å². The number of rotatable bonds is 8. The van der Waals surface area contributed by atoms with Crippen molar-refractivity contribution >= 4 is 0 Å². The molecule has 0 heterocycles. The van der Waals surface area contributed by atoms with Gasteiger partial charge in [0.05, 0.1) is 11.6 Å². The third-order valence-electron chi connectivity index (χ3n) is 4.11. The van der Waals surface area contributed by atoms with E-state index in [1.165, 1.54) is 6.07 Å². The Bertz CT molecular complexity index is 415. The molecule has 0 aliphatic carbocycles. The van der Waals surface area contributed by atoms with Crippen molar-refractivity contribution in [1.82, 2.24) is 5.32 Å². The van der Waals surface area contributed by atoms with Crippen molar-refractivity contribution in [2.45, 2.75) is 59.1 Å². The lowest BCUT2D eigenvalue weighted by molar-refractivity contribution is -0.0731. The average molecular weight is 281 g/mol. The van der Waals surface area contributed by atoms with Gasteiger partial charge >= 0.3 is 0 Å². The van der Waals surface area contributed by atoms with Crippen molar-refractivity contribution < 1.29 is 9.13 Å². The van der Waals surface area contributed by atoms with Crippen LogP contribution in [-0.4, -0.2) is 18.8 Å². The zero-order valence-corrected chi connectivity index (χ0v) is 13.4. The first-order valence-corrected chi connectivity index (χ1v) is 7.67. The first kappa shape index (κ1) is 17.1. The Morgan fingerprint density at radius 3 is 2.30 bits per heavy atom. The molecule has 0 radical (unpaired) electrons. The lowest BCUT2D eigenvalue weighted by atomic mass is 9.82. The minimum Gasteiger partial charge on any atom is -0.373 e. The molecule has 0 saturated heterocycles. The van der Waals surface area contributed by atoms with Crippen LogP contribution in [0.2, 0.25) is 0 Å². The summed E-state index contributed by atoms with van der Waals surface area (Å²) >= 11 is 0. The largest absolute Gasteiger partial charge is 0.373 e. The van der Waals surface area contributed by atoms with Crippen LogP contribution in [-0.2, 0) is 4.74 Å². The van der Waals surface area contributed by atoms with Crippen LogP contribution >= 0.6 is 0 Å². The summed E-state index contributed by atoms with van der Waals surface area (Å²) in [6.07, 6.45) is 1.84. The quantitative estimate of drug-likeness (QED) is 0.763. The molecule has 20 heavy (non-hydrogen) atoms. The molecule has 1 aromatic carbocycles. The van der Waals surface area contributed by atoms with Crippen LogP contribution < -0.4 is 5.32 Å². The number of aryl methyl sites for hydroxylation is 1. The van der Waals surface area contributed by atoms with Crippen LogP contribution in [0.3, 0.4) is 0 Å². The van der Waals surface area contributed by atoms with E-state index in [0.29, 0.717) is 6.61 Å². The van der Waals surface area contributed by atoms with E-state index in [1.54, 1.807) is 6.07 Å². The number of halogens is 1. The molecule has 0 saturated carbocycles. The molecule has 1 unspecified atom stereocenters.